The fourth-order valence-corrected chi connectivity index (χ4v) is 0.974. The third-order valence-electron chi connectivity index (χ3n) is 1.61. The molecule has 1 aromatic rings. The van der Waals surface area contributed by atoms with Crippen molar-refractivity contribution in [1.82, 2.24) is 9.97 Å². The summed E-state index contributed by atoms with van der Waals surface area (Å²) in [5.41, 5.74) is 1.55. The van der Waals surface area contributed by atoms with Crippen LogP contribution in [0, 0.1) is 13.8 Å². The molecule has 0 aliphatic heterocycles. The van der Waals surface area contributed by atoms with Gasteiger partial charge in [0.2, 0.25) is 0 Å². The Morgan fingerprint density at radius 1 is 1.54 bits per heavy atom. The van der Waals surface area contributed by atoms with Gasteiger partial charge in [-0.3, -0.25) is 9.78 Å². The Kier molecular flexibility index (Phi) is 2.84. The highest BCUT2D eigenvalue weighted by molar-refractivity contribution is 6.01. The lowest BCUT2D eigenvalue weighted by molar-refractivity contribution is -0.107. The number of aldehydes is 1. The van der Waals surface area contributed by atoms with Crippen molar-refractivity contribution in [1.29, 1.82) is 0 Å². The van der Waals surface area contributed by atoms with Crippen LogP contribution in [0.1, 0.15) is 28.3 Å². The zero-order chi connectivity index (χ0) is 9.84. The van der Waals surface area contributed by atoms with E-state index in [2.05, 4.69) is 9.97 Å². The first-order chi connectivity index (χ1) is 6.15. The monoisotopic (exact) mass is 178 g/mol. The van der Waals surface area contributed by atoms with E-state index in [4.69, 9.17) is 0 Å². The first-order valence-electron chi connectivity index (χ1n) is 3.92. The molecular formula is C9H10N2O2. The van der Waals surface area contributed by atoms with Gasteiger partial charge in [0.05, 0.1) is 17.8 Å². The van der Waals surface area contributed by atoms with Crippen molar-refractivity contribution in [3.63, 3.8) is 0 Å². The normalized spacial score (nSPS) is 9.69. The Hall–Kier alpha value is -1.58. The molecule has 0 saturated carbocycles. The molecule has 1 heterocycles. The Morgan fingerprint density at radius 3 is 2.85 bits per heavy atom. The van der Waals surface area contributed by atoms with Gasteiger partial charge in [-0.1, -0.05) is 0 Å². The molecular weight excluding hydrogens is 168 g/mol. The number of Topliss-reactive ketones (excluding diaryl/α,β-unsaturated/α-hetero) is 1. The minimum absolute atomic E-state index is 0.126. The lowest BCUT2D eigenvalue weighted by Gasteiger charge is -2.01. The molecule has 0 aliphatic carbocycles. The molecule has 0 spiro atoms. The molecule has 0 amide bonds. The first-order valence-corrected chi connectivity index (χ1v) is 3.92. The van der Waals surface area contributed by atoms with Crippen molar-refractivity contribution >= 4 is 12.1 Å². The van der Waals surface area contributed by atoms with Crippen LogP contribution < -0.4 is 0 Å². The van der Waals surface area contributed by atoms with Gasteiger partial charge >= 0.3 is 0 Å². The second-order valence-corrected chi connectivity index (χ2v) is 2.74. The fraction of sp³-hybridized carbons (Fsp3) is 0.333. The smallest absolute Gasteiger partial charge is 0.190 e. The summed E-state index contributed by atoms with van der Waals surface area (Å²) in [7, 11) is 0. The molecule has 0 aliphatic rings. The molecule has 4 heteroatoms. The van der Waals surface area contributed by atoms with Gasteiger partial charge in [-0.2, -0.15) is 0 Å². The van der Waals surface area contributed by atoms with Crippen LogP contribution in [0.4, 0.5) is 0 Å². The average Bonchev–Trinajstić information content (AvgIpc) is 2.09. The molecule has 13 heavy (non-hydrogen) atoms. The maximum absolute atomic E-state index is 11.3. The Bertz CT molecular complexity index is 347. The Morgan fingerprint density at radius 2 is 2.23 bits per heavy atom. The van der Waals surface area contributed by atoms with Crippen molar-refractivity contribution in [2.45, 2.75) is 20.3 Å². The van der Waals surface area contributed by atoms with Crippen molar-refractivity contribution in [3.8, 4) is 0 Å². The van der Waals surface area contributed by atoms with E-state index >= 15 is 0 Å². The molecule has 1 aromatic heterocycles. The third kappa shape index (κ3) is 2.18. The number of ketones is 1. The van der Waals surface area contributed by atoms with Crippen LogP contribution in [-0.2, 0) is 4.79 Å². The van der Waals surface area contributed by atoms with Gasteiger partial charge < -0.3 is 4.79 Å². The predicted molar refractivity (Wildman–Crippen MR) is 46.5 cm³/mol. The van der Waals surface area contributed by atoms with E-state index in [0.717, 1.165) is 0 Å². The zero-order valence-corrected chi connectivity index (χ0v) is 7.57. The van der Waals surface area contributed by atoms with E-state index in [1.807, 2.05) is 0 Å². The Balaban J connectivity index is 3.05. The first kappa shape index (κ1) is 9.51. The minimum atomic E-state index is -0.274. The van der Waals surface area contributed by atoms with E-state index in [-0.39, 0.29) is 12.2 Å². The summed E-state index contributed by atoms with van der Waals surface area (Å²) >= 11 is 0. The number of carbonyl (C=O) groups is 2. The van der Waals surface area contributed by atoms with Crippen molar-refractivity contribution in [2.24, 2.45) is 0 Å². The minimum Gasteiger partial charge on any atom is -0.303 e. The molecule has 0 aromatic carbocycles. The molecule has 0 saturated heterocycles. The third-order valence-corrected chi connectivity index (χ3v) is 1.61. The molecule has 0 radical (unpaired) electrons. The molecule has 4 nitrogen and oxygen atoms in total. The lowest BCUT2D eigenvalue weighted by atomic mass is 10.2. The van der Waals surface area contributed by atoms with Crippen molar-refractivity contribution < 1.29 is 9.59 Å². The number of hydrogen-bond acceptors (Lipinski definition) is 4. The second-order valence-electron chi connectivity index (χ2n) is 2.74. The van der Waals surface area contributed by atoms with Crippen LogP contribution in [0.15, 0.2) is 6.20 Å². The molecule has 0 N–H and O–H groups in total. The number of rotatable bonds is 3. The van der Waals surface area contributed by atoms with E-state index in [1.165, 1.54) is 0 Å². The molecule has 0 atom stereocenters. The van der Waals surface area contributed by atoms with Gasteiger partial charge in [0.25, 0.3) is 0 Å². The largest absolute Gasteiger partial charge is 0.303 e. The number of nitrogens with zero attached hydrogens (tertiary/aromatic N) is 2. The van der Waals surface area contributed by atoms with Crippen LogP contribution in [0.5, 0.6) is 0 Å². The van der Waals surface area contributed by atoms with Crippen LogP contribution in [0.2, 0.25) is 0 Å². The van der Waals surface area contributed by atoms with Gasteiger partial charge in [-0.25, -0.2) is 4.98 Å². The Labute approximate surface area is 76.0 Å². The topological polar surface area (TPSA) is 59.9 Å². The van der Waals surface area contributed by atoms with E-state index in [9.17, 15) is 9.59 Å². The summed E-state index contributed by atoms with van der Waals surface area (Å²) in [6.45, 7) is 3.45. The number of aromatic nitrogens is 2. The number of hydrogen-bond donors (Lipinski definition) is 0. The highest BCUT2D eigenvalue weighted by Gasteiger charge is 2.10. The summed E-state index contributed by atoms with van der Waals surface area (Å²) in [4.78, 5) is 29.4. The van der Waals surface area contributed by atoms with Crippen molar-refractivity contribution in [3.05, 3.63) is 23.3 Å². The van der Waals surface area contributed by atoms with Gasteiger partial charge in [0, 0.05) is 6.20 Å². The van der Waals surface area contributed by atoms with Crippen molar-refractivity contribution in [2.75, 3.05) is 0 Å². The highest BCUT2D eigenvalue weighted by Crippen LogP contribution is 2.04. The standard InChI is InChI=1S/C9H10N2O2/c1-6-5-10-7(2)9(11-6)8(13)3-4-12/h4-5H,3H2,1-2H3. The van der Waals surface area contributed by atoms with Gasteiger partial charge in [0.15, 0.2) is 5.78 Å². The molecule has 0 bridgehead atoms. The zero-order valence-electron chi connectivity index (χ0n) is 7.57. The quantitative estimate of drug-likeness (QED) is 0.391. The summed E-state index contributed by atoms with van der Waals surface area (Å²) in [5.74, 6) is -0.274. The molecule has 0 unspecified atom stereocenters. The second kappa shape index (κ2) is 3.89. The van der Waals surface area contributed by atoms with Crippen LogP contribution in [-0.4, -0.2) is 22.0 Å². The summed E-state index contributed by atoms with van der Waals surface area (Å²) in [6, 6.07) is 0. The lowest BCUT2D eigenvalue weighted by Crippen LogP contribution is -2.07. The van der Waals surface area contributed by atoms with Crippen LogP contribution in [0.3, 0.4) is 0 Å². The number of carbonyl (C=O) groups excluding carboxylic acids is 2. The molecule has 0 fully saturated rings. The van der Waals surface area contributed by atoms with Crippen LogP contribution >= 0.6 is 0 Å². The predicted octanol–water partition coefficient (Wildman–Crippen LogP) is 0.865. The van der Waals surface area contributed by atoms with Crippen LogP contribution in [0.25, 0.3) is 0 Å². The van der Waals surface area contributed by atoms with E-state index in [0.29, 0.717) is 23.4 Å². The average molecular weight is 178 g/mol. The molecule has 1 rings (SSSR count). The SMILES string of the molecule is Cc1cnc(C)c(C(=O)CC=O)n1. The van der Waals surface area contributed by atoms with Gasteiger partial charge in [0.1, 0.15) is 12.0 Å². The fourth-order valence-electron chi connectivity index (χ4n) is 0.974. The summed E-state index contributed by atoms with van der Waals surface area (Å²) in [6.07, 6.45) is 2.04. The van der Waals surface area contributed by atoms with E-state index in [1.54, 1.807) is 20.0 Å². The molecule has 68 valence electrons. The highest BCUT2D eigenvalue weighted by atomic mass is 16.1. The summed E-state index contributed by atoms with van der Waals surface area (Å²) < 4.78 is 0. The summed E-state index contributed by atoms with van der Waals surface area (Å²) in [5, 5.41) is 0. The maximum atomic E-state index is 11.3. The van der Waals surface area contributed by atoms with Gasteiger partial charge in [-0.15, -0.1) is 0 Å². The maximum Gasteiger partial charge on any atom is 0.190 e. The van der Waals surface area contributed by atoms with Gasteiger partial charge in [-0.05, 0) is 13.8 Å². The number of aryl methyl sites for hydroxylation is 2. The van der Waals surface area contributed by atoms with E-state index < -0.39 is 0 Å².